The maximum atomic E-state index is 12.1. The number of aliphatic carboxylic acids is 1. The van der Waals surface area contributed by atoms with Gasteiger partial charge in [0, 0.05) is 18.9 Å². The van der Waals surface area contributed by atoms with Crippen LogP contribution in [-0.2, 0) is 11.3 Å². The fraction of sp³-hybridized carbons (Fsp3) is 0.474. The normalized spacial score (nSPS) is 19.0. The van der Waals surface area contributed by atoms with E-state index in [0.717, 1.165) is 5.82 Å². The molecule has 0 bridgehead atoms. The number of nitrogens with zero attached hydrogens (tertiary/aromatic N) is 2. The summed E-state index contributed by atoms with van der Waals surface area (Å²) in [6, 6.07) is 10.2. The summed E-state index contributed by atoms with van der Waals surface area (Å²) in [4.78, 5) is 16.5. The zero-order valence-corrected chi connectivity index (χ0v) is 13.1. The van der Waals surface area contributed by atoms with Gasteiger partial charge in [0.25, 0.3) is 0 Å². The van der Waals surface area contributed by atoms with Crippen LogP contribution in [0.2, 0.25) is 0 Å². The summed E-state index contributed by atoms with van der Waals surface area (Å²) in [6.45, 7) is 0.683. The summed E-state index contributed by atoms with van der Waals surface area (Å²) < 4.78 is 2.02. The summed E-state index contributed by atoms with van der Waals surface area (Å²) in [5.74, 6) is 0.994. The quantitative estimate of drug-likeness (QED) is 0.851. The predicted molar refractivity (Wildman–Crippen MR) is 87.1 cm³/mol. The van der Waals surface area contributed by atoms with Crippen molar-refractivity contribution < 1.29 is 9.90 Å². The molecule has 0 amide bonds. The summed E-state index contributed by atoms with van der Waals surface area (Å²) >= 11 is 0. The van der Waals surface area contributed by atoms with Gasteiger partial charge >= 0.3 is 5.97 Å². The number of carbonyl (C=O) groups is 1. The van der Waals surface area contributed by atoms with Crippen LogP contribution in [0.3, 0.4) is 0 Å². The third-order valence-electron chi connectivity index (χ3n) is 5.21. The van der Waals surface area contributed by atoms with Crippen LogP contribution in [0.4, 0.5) is 0 Å². The molecule has 1 atom stereocenters. The molecular weight excluding hydrogens is 288 g/mol. The SMILES string of the molecule is O=C(O)C(c1nccn1Cc1ccccc1)C(C1CC1)C1CC1. The van der Waals surface area contributed by atoms with Gasteiger partial charge in [0.1, 0.15) is 11.7 Å². The van der Waals surface area contributed by atoms with E-state index in [1.807, 2.05) is 29.0 Å². The van der Waals surface area contributed by atoms with Crippen LogP contribution >= 0.6 is 0 Å². The molecule has 120 valence electrons. The lowest BCUT2D eigenvalue weighted by molar-refractivity contribution is -0.141. The maximum absolute atomic E-state index is 12.1. The molecule has 1 aromatic heterocycles. The van der Waals surface area contributed by atoms with Crippen molar-refractivity contribution in [3.63, 3.8) is 0 Å². The monoisotopic (exact) mass is 310 g/mol. The molecule has 2 aliphatic rings. The summed E-state index contributed by atoms with van der Waals surface area (Å²) in [5.41, 5.74) is 1.17. The van der Waals surface area contributed by atoms with E-state index in [1.165, 1.54) is 31.2 Å². The second kappa shape index (κ2) is 5.84. The van der Waals surface area contributed by atoms with E-state index in [4.69, 9.17) is 0 Å². The predicted octanol–water partition coefficient (Wildman–Crippen LogP) is 3.54. The first-order valence-electron chi connectivity index (χ1n) is 8.52. The Balaban J connectivity index is 1.64. The van der Waals surface area contributed by atoms with Crippen molar-refractivity contribution in [2.24, 2.45) is 17.8 Å². The Labute approximate surface area is 136 Å². The van der Waals surface area contributed by atoms with Gasteiger partial charge in [0.15, 0.2) is 0 Å². The number of aromatic nitrogens is 2. The second-order valence-corrected chi connectivity index (χ2v) is 6.97. The van der Waals surface area contributed by atoms with E-state index in [1.54, 1.807) is 6.20 Å². The molecule has 0 radical (unpaired) electrons. The van der Waals surface area contributed by atoms with Crippen molar-refractivity contribution in [2.75, 3.05) is 0 Å². The highest BCUT2D eigenvalue weighted by Crippen LogP contribution is 2.54. The van der Waals surface area contributed by atoms with Crippen LogP contribution < -0.4 is 0 Å². The third kappa shape index (κ3) is 3.03. The van der Waals surface area contributed by atoms with Crippen molar-refractivity contribution >= 4 is 5.97 Å². The molecule has 0 saturated heterocycles. The van der Waals surface area contributed by atoms with E-state index in [-0.39, 0.29) is 5.92 Å². The molecule has 2 aromatic rings. The molecule has 0 spiro atoms. The average molecular weight is 310 g/mol. The number of rotatable bonds is 7. The fourth-order valence-corrected chi connectivity index (χ4v) is 3.85. The highest BCUT2D eigenvalue weighted by Gasteiger charge is 2.49. The lowest BCUT2D eigenvalue weighted by Gasteiger charge is -2.24. The molecule has 4 heteroatoms. The Morgan fingerprint density at radius 3 is 2.39 bits per heavy atom. The molecule has 2 fully saturated rings. The molecule has 2 aliphatic carbocycles. The standard InChI is InChI=1S/C19H22N2O2/c22-19(23)17(16(14-6-7-14)15-8-9-15)18-20-10-11-21(18)12-13-4-2-1-3-5-13/h1-5,10-11,14-17H,6-9,12H2,(H,22,23). The first-order valence-corrected chi connectivity index (χ1v) is 8.52. The first-order chi connectivity index (χ1) is 11.2. The van der Waals surface area contributed by atoms with Crippen LogP contribution in [0.5, 0.6) is 0 Å². The van der Waals surface area contributed by atoms with Crippen LogP contribution in [0.15, 0.2) is 42.7 Å². The van der Waals surface area contributed by atoms with Gasteiger partial charge in [-0.1, -0.05) is 30.3 Å². The van der Waals surface area contributed by atoms with E-state index < -0.39 is 11.9 Å². The molecule has 1 aromatic carbocycles. The molecular formula is C19H22N2O2. The van der Waals surface area contributed by atoms with Crippen molar-refractivity contribution in [2.45, 2.75) is 38.1 Å². The second-order valence-electron chi connectivity index (χ2n) is 6.97. The first kappa shape index (κ1) is 14.5. The van der Waals surface area contributed by atoms with Gasteiger partial charge in [0.05, 0.1) is 0 Å². The molecule has 1 unspecified atom stereocenters. The zero-order chi connectivity index (χ0) is 15.8. The van der Waals surface area contributed by atoms with E-state index in [2.05, 4.69) is 17.1 Å². The van der Waals surface area contributed by atoms with Crippen LogP contribution in [0.1, 0.15) is 43.0 Å². The average Bonchev–Trinajstić information content (AvgIpc) is 3.46. The summed E-state index contributed by atoms with van der Waals surface area (Å²) in [5, 5.41) is 9.91. The minimum Gasteiger partial charge on any atom is -0.481 e. The number of hydrogen-bond donors (Lipinski definition) is 1. The zero-order valence-electron chi connectivity index (χ0n) is 13.1. The number of imidazole rings is 1. The van der Waals surface area contributed by atoms with Crippen molar-refractivity contribution in [1.29, 1.82) is 0 Å². The molecule has 0 aliphatic heterocycles. The Hall–Kier alpha value is -2.10. The van der Waals surface area contributed by atoms with E-state index in [0.29, 0.717) is 18.4 Å². The van der Waals surface area contributed by atoms with E-state index in [9.17, 15) is 9.90 Å². The minimum atomic E-state index is -0.714. The third-order valence-corrected chi connectivity index (χ3v) is 5.21. The maximum Gasteiger partial charge on any atom is 0.314 e. The Morgan fingerprint density at radius 2 is 1.83 bits per heavy atom. The number of hydrogen-bond acceptors (Lipinski definition) is 2. The van der Waals surface area contributed by atoms with Gasteiger partial charge in [-0.05, 0) is 49.0 Å². The topological polar surface area (TPSA) is 55.1 Å². The number of carboxylic acids is 1. The Kier molecular flexibility index (Phi) is 3.68. The lowest BCUT2D eigenvalue weighted by Crippen LogP contribution is -2.28. The van der Waals surface area contributed by atoms with Crippen molar-refractivity contribution in [1.82, 2.24) is 9.55 Å². The lowest BCUT2D eigenvalue weighted by atomic mass is 9.83. The van der Waals surface area contributed by atoms with Crippen molar-refractivity contribution in [3.05, 3.63) is 54.1 Å². The summed E-state index contributed by atoms with van der Waals surface area (Å²) in [7, 11) is 0. The van der Waals surface area contributed by atoms with Crippen LogP contribution in [-0.4, -0.2) is 20.6 Å². The number of carboxylic acid groups (broad SMARTS) is 1. The molecule has 23 heavy (non-hydrogen) atoms. The van der Waals surface area contributed by atoms with Gasteiger partial charge in [-0.2, -0.15) is 0 Å². The number of benzene rings is 1. The van der Waals surface area contributed by atoms with Crippen LogP contribution in [0, 0.1) is 17.8 Å². The van der Waals surface area contributed by atoms with Gasteiger partial charge < -0.3 is 9.67 Å². The largest absolute Gasteiger partial charge is 0.481 e. The van der Waals surface area contributed by atoms with Gasteiger partial charge in [0.2, 0.25) is 0 Å². The molecule has 4 nitrogen and oxygen atoms in total. The Bertz CT molecular complexity index is 674. The smallest absolute Gasteiger partial charge is 0.314 e. The highest BCUT2D eigenvalue weighted by molar-refractivity contribution is 5.75. The fourth-order valence-electron chi connectivity index (χ4n) is 3.85. The van der Waals surface area contributed by atoms with Crippen molar-refractivity contribution in [3.8, 4) is 0 Å². The molecule has 1 N–H and O–H groups in total. The van der Waals surface area contributed by atoms with E-state index >= 15 is 0 Å². The summed E-state index contributed by atoms with van der Waals surface area (Å²) in [6.07, 6.45) is 8.39. The Morgan fingerprint density at radius 1 is 1.17 bits per heavy atom. The molecule has 1 heterocycles. The molecule has 2 saturated carbocycles. The van der Waals surface area contributed by atoms with Gasteiger partial charge in [-0.15, -0.1) is 0 Å². The van der Waals surface area contributed by atoms with Gasteiger partial charge in [-0.25, -0.2) is 4.98 Å². The van der Waals surface area contributed by atoms with Gasteiger partial charge in [-0.3, -0.25) is 4.79 Å². The highest BCUT2D eigenvalue weighted by atomic mass is 16.4. The molecule has 4 rings (SSSR count). The van der Waals surface area contributed by atoms with Crippen LogP contribution in [0.25, 0.3) is 0 Å². The minimum absolute atomic E-state index is 0.268.